The smallest absolute Gasteiger partial charge is 0.326 e. The van der Waals surface area contributed by atoms with Crippen molar-refractivity contribution in [1.82, 2.24) is 16.0 Å². The van der Waals surface area contributed by atoms with E-state index >= 15 is 0 Å². The SMILES string of the molecule is CC(NC(=O)C(N)CCC(N)=O)C(=O)NC(CCCCN)C(=O)NC(CC(N)=O)C(=O)O. The van der Waals surface area contributed by atoms with E-state index in [2.05, 4.69) is 16.0 Å². The molecule has 0 aliphatic carbocycles. The summed E-state index contributed by atoms with van der Waals surface area (Å²) in [6.45, 7) is 1.70. The minimum absolute atomic E-state index is 0.00390. The first-order chi connectivity index (χ1) is 14.9. The molecule has 0 heterocycles. The Morgan fingerprint density at radius 2 is 1.41 bits per heavy atom. The third-order valence-corrected chi connectivity index (χ3v) is 4.39. The van der Waals surface area contributed by atoms with E-state index in [0.29, 0.717) is 19.4 Å². The Morgan fingerprint density at radius 3 is 1.91 bits per heavy atom. The Hall–Kier alpha value is -3.26. The molecule has 14 nitrogen and oxygen atoms in total. The maximum atomic E-state index is 12.5. The lowest BCUT2D eigenvalue weighted by Crippen LogP contribution is -2.56. The largest absolute Gasteiger partial charge is 0.480 e. The summed E-state index contributed by atoms with van der Waals surface area (Å²) in [5.41, 5.74) is 21.1. The van der Waals surface area contributed by atoms with Crippen molar-refractivity contribution in [2.45, 2.75) is 69.6 Å². The highest BCUT2D eigenvalue weighted by Gasteiger charge is 2.29. The van der Waals surface area contributed by atoms with Crippen molar-refractivity contribution >= 4 is 35.5 Å². The van der Waals surface area contributed by atoms with Gasteiger partial charge in [-0.2, -0.15) is 0 Å². The van der Waals surface area contributed by atoms with E-state index in [1.54, 1.807) is 0 Å². The van der Waals surface area contributed by atoms with E-state index in [0.717, 1.165) is 0 Å². The first-order valence-corrected chi connectivity index (χ1v) is 10.0. The second kappa shape index (κ2) is 14.7. The molecule has 14 heteroatoms. The van der Waals surface area contributed by atoms with Crippen LogP contribution in [0.1, 0.15) is 45.4 Å². The molecule has 0 aliphatic heterocycles. The highest BCUT2D eigenvalue weighted by Crippen LogP contribution is 2.04. The zero-order valence-electron chi connectivity index (χ0n) is 18.0. The zero-order valence-corrected chi connectivity index (χ0v) is 18.0. The summed E-state index contributed by atoms with van der Waals surface area (Å²) in [7, 11) is 0. The van der Waals surface area contributed by atoms with E-state index in [-0.39, 0.29) is 19.3 Å². The molecule has 5 amide bonds. The van der Waals surface area contributed by atoms with E-state index in [4.69, 9.17) is 28.0 Å². The summed E-state index contributed by atoms with van der Waals surface area (Å²) in [5, 5.41) is 16.1. The number of carboxylic acids is 1. The Balaban J connectivity index is 5.10. The van der Waals surface area contributed by atoms with Gasteiger partial charge in [0.15, 0.2) is 0 Å². The van der Waals surface area contributed by atoms with Crippen molar-refractivity contribution in [3.63, 3.8) is 0 Å². The number of primary amides is 2. The van der Waals surface area contributed by atoms with Gasteiger partial charge in [-0.05, 0) is 39.2 Å². The van der Waals surface area contributed by atoms with Crippen LogP contribution in [0, 0.1) is 0 Å². The number of hydrogen-bond acceptors (Lipinski definition) is 8. The van der Waals surface area contributed by atoms with Crippen LogP contribution in [0.2, 0.25) is 0 Å². The molecule has 0 aliphatic rings. The van der Waals surface area contributed by atoms with Crippen LogP contribution in [0.4, 0.5) is 0 Å². The Bertz CT molecular complexity index is 701. The highest BCUT2D eigenvalue weighted by atomic mass is 16.4. The minimum atomic E-state index is -1.56. The molecular weight excluding hydrogens is 426 g/mol. The average molecular weight is 460 g/mol. The van der Waals surface area contributed by atoms with Gasteiger partial charge in [0.1, 0.15) is 18.1 Å². The number of nitrogens with one attached hydrogen (secondary N) is 3. The van der Waals surface area contributed by atoms with E-state index in [9.17, 15) is 28.8 Å². The molecule has 12 N–H and O–H groups in total. The molecule has 182 valence electrons. The molecule has 0 saturated carbocycles. The van der Waals surface area contributed by atoms with Crippen LogP contribution in [0.3, 0.4) is 0 Å². The number of carbonyl (C=O) groups is 6. The van der Waals surface area contributed by atoms with Gasteiger partial charge in [-0.25, -0.2) is 4.79 Å². The number of rotatable bonds is 16. The van der Waals surface area contributed by atoms with E-state index < -0.39 is 66.1 Å². The molecule has 0 aromatic heterocycles. The number of nitrogens with two attached hydrogens (primary N) is 4. The number of carboxylic acid groups (broad SMARTS) is 1. The molecule has 4 unspecified atom stereocenters. The maximum absolute atomic E-state index is 12.5. The summed E-state index contributed by atoms with van der Waals surface area (Å²) < 4.78 is 0. The van der Waals surface area contributed by atoms with Gasteiger partial charge in [-0.1, -0.05) is 0 Å². The van der Waals surface area contributed by atoms with Gasteiger partial charge in [-0.15, -0.1) is 0 Å². The van der Waals surface area contributed by atoms with Crippen LogP contribution >= 0.6 is 0 Å². The first-order valence-electron chi connectivity index (χ1n) is 10.0. The lowest BCUT2D eigenvalue weighted by molar-refractivity contribution is -0.143. The molecule has 0 aromatic carbocycles. The lowest BCUT2D eigenvalue weighted by Gasteiger charge is -2.23. The van der Waals surface area contributed by atoms with Crippen molar-refractivity contribution in [3.8, 4) is 0 Å². The molecule has 0 saturated heterocycles. The minimum Gasteiger partial charge on any atom is -0.480 e. The van der Waals surface area contributed by atoms with Crippen molar-refractivity contribution in [3.05, 3.63) is 0 Å². The molecule has 0 spiro atoms. The van der Waals surface area contributed by atoms with Crippen molar-refractivity contribution in [2.75, 3.05) is 6.54 Å². The summed E-state index contributed by atoms with van der Waals surface area (Å²) >= 11 is 0. The molecule has 4 atom stereocenters. The quantitative estimate of drug-likeness (QED) is 0.105. The Morgan fingerprint density at radius 1 is 0.812 bits per heavy atom. The number of carbonyl (C=O) groups excluding carboxylic acids is 5. The number of unbranched alkanes of at least 4 members (excludes halogenated alkanes) is 1. The van der Waals surface area contributed by atoms with Gasteiger partial charge in [0, 0.05) is 6.42 Å². The predicted molar refractivity (Wildman–Crippen MR) is 112 cm³/mol. The number of aliphatic carboxylic acids is 1. The predicted octanol–water partition coefficient (Wildman–Crippen LogP) is -3.86. The molecule has 0 radical (unpaired) electrons. The van der Waals surface area contributed by atoms with Gasteiger partial charge in [0.25, 0.3) is 0 Å². The molecule has 0 rings (SSSR count). The number of amides is 5. The van der Waals surface area contributed by atoms with Crippen molar-refractivity contribution in [1.29, 1.82) is 0 Å². The van der Waals surface area contributed by atoms with Crippen LogP contribution in [-0.4, -0.2) is 71.3 Å². The second-order valence-electron chi connectivity index (χ2n) is 7.26. The van der Waals surface area contributed by atoms with Crippen molar-refractivity contribution in [2.24, 2.45) is 22.9 Å². The topological polar surface area (TPSA) is 263 Å². The number of hydrogen-bond donors (Lipinski definition) is 8. The fourth-order valence-corrected chi connectivity index (χ4v) is 2.55. The fraction of sp³-hybridized carbons (Fsp3) is 0.667. The average Bonchev–Trinajstić information content (AvgIpc) is 2.69. The van der Waals surface area contributed by atoms with Gasteiger partial charge in [0.2, 0.25) is 29.5 Å². The third kappa shape index (κ3) is 11.8. The van der Waals surface area contributed by atoms with E-state index in [1.807, 2.05) is 0 Å². The van der Waals surface area contributed by atoms with Crippen LogP contribution in [0.5, 0.6) is 0 Å². The van der Waals surface area contributed by atoms with Crippen LogP contribution < -0.4 is 38.9 Å². The standard InChI is InChI=1S/C18H33N7O7/c1-9(23-16(29)10(20)5-6-13(21)26)15(28)24-11(4-2-3-7-19)17(30)25-12(18(31)32)8-14(22)27/h9-12H,2-8,19-20H2,1H3,(H2,21,26)(H2,22,27)(H,23,29)(H,24,28)(H,25,30)(H,31,32). The van der Waals surface area contributed by atoms with Gasteiger partial charge in [-0.3, -0.25) is 24.0 Å². The van der Waals surface area contributed by atoms with Gasteiger partial charge < -0.3 is 44.0 Å². The zero-order chi connectivity index (χ0) is 24.8. The lowest BCUT2D eigenvalue weighted by atomic mass is 10.1. The summed E-state index contributed by atoms with van der Waals surface area (Å²) in [6, 6.07) is -4.86. The van der Waals surface area contributed by atoms with E-state index in [1.165, 1.54) is 6.92 Å². The second-order valence-corrected chi connectivity index (χ2v) is 7.26. The Kier molecular flexibility index (Phi) is 13.2. The molecule has 0 bridgehead atoms. The molecule has 0 fully saturated rings. The normalized spacial score (nSPS) is 14.3. The first kappa shape index (κ1) is 28.7. The maximum Gasteiger partial charge on any atom is 0.326 e. The molecule has 32 heavy (non-hydrogen) atoms. The summed E-state index contributed by atoms with van der Waals surface area (Å²) in [6.07, 6.45) is 0.396. The monoisotopic (exact) mass is 459 g/mol. The summed E-state index contributed by atoms with van der Waals surface area (Å²) in [5.74, 6) is -5.26. The van der Waals surface area contributed by atoms with Gasteiger partial charge in [0.05, 0.1) is 12.5 Å². The van der Waals surface area contributed by atoms with Crippen LogP contribution in [0.15, 0.2) is 0 Å². The summed E-state index contributed by atoms with van der Waals surface area (Å²) in [4.78, 5) is 70.2. The van der Waals surface area contributed by atoms with Crippen LogP contribution in [0.25, 0.3) is 0 Å². The highest BCUT2D eigenvalue weighted by molar-refractivity contribution is 5.94. The fourth-order valence-electron chi connectivity index (χ4n) is 2.55. The third-order valence-electron chi connectivity index (χ3n) is 4.39. The Labute approximate surface area is 185 Å². The molecule has 0 aromatic rings. The van der Waals surface area contributed by atoms with Crippen molar-refractivity contribution < 1.29 is 33.9 Å². The molecular formula is C18H33N7O7. The van der Waals surface area contributed by atoms with Crippen LogP contribution in [-0.2, 0) is 28.8 Å². The van der Waals surface area contributed by atoms with Gasteiger partial charge >= 0.3 is 5.97 Å².